The zero-order chi connectivity index (χ0) is 15.4. The average Bonchev–Trinajstić information content (AvgIpc) is 2.56. The van der Waals surface area contributed by atoms with Gasteiger partial charge in [-0.15, -0.1) is 0 Å². The lowest BCUT2D eigenvalue weighted by Gasteiger charge is -2.32. The second kappa shape index (κ2) is 6.33. The van der Waals surface area contributed by atoms with Crippen LogP contribution < -0.4 is 9.64 Å². The lowest BCUT2D eigenvalue weighted by Crippen LogP contribution is -2.39. The Bertz CT molecular complexity index is 644. The van der Waals surface area contributed by atoms with Crippen LogP contribution in [-0.4, -0.2) is 39.1 Å². The molecule has 0 aliphatic carbocycles. The van der Waals surface area contributed by atoms with E-state index in [4.69, 9.17) is 4.74 Å². The fourth-order valence-corrected chi connectivity index (χ4v) is 2.48. The fraction of sp³-hybridized carbons (Fsp3) is 0.357. The molecule has 1 aliphatic rings. The zero-order valence-corrected chi connectivity index (χ0v) is 11.8. The Morgan fingerprint density at radius 1 is 1.23 bits per heavy atom. The van der Waals surface area contributed by atoms with Gasteiger partial charge in [0, 0.05) is 50.6 Å². The first-order chi connectivity index (χ1) is 10.7. The Kier molecular flexibility index (Phi) is 4.08. The molecule has 114 valence electrons. The second-order valence-corrected chi connectivity index (χ2v) is 4.95. The molecule has 3 rings (SSSR count). The summed E-state index contributed by atoms with van der Waals surface area (Å²) in [4.78, 5) is 24.8. The number of nitro groups is 1. The molecule has 0 atom stereocenters. The summed E-state index contributed by atoms with van der Waals surface area (Å²) < 4.78 is 5.76. The van der Waals surface area contributed by atoms with Crippen molar-refractivity contribution in [3.8, 4) is 5.88 Å². The van der Waals surface area contributed by atoms with Crippen LogP contribution in [0.4, 0.5) is 11.5 Å². The highest BCUT2D eigenvalue weighted by molar-refractivity contribution is 5.57. The maximum absolute atomic E-state index is 11.1. The number of hydrogen-bond donors (Lipinski definition) is 0. The lowest BCUT2D eigenvalue weighted by molar-refractivity contribution is -0.384. The van der Waals surface area contributed by atoms with Gasteiger partial charge in [-0.1, -0.05) is 0 Å². The van der Waals surface area contributed by atoms with Gasteiger partial charge >= 0.3 is 5.69 Å². The van der Waals surface area contributed by atoms with E-state index in [0.29, 0.717) is 24.8 Å². The summed E-state index contributed by atoms with van der Waals surface area (Å²) in [5.41, 5.74) is 0.0378. The maximum atomic E-state index is 11.1. The van der Waals surface area contributed by atoms with Gasteiger partial charge in [0.2, 0.25) is 11.7 Å². The van der Waals surface area contributed by atoms with Crippen molar-refractivity contribution in [1.82, 2.24) is 15.0 Å². The Labute approximate surface area is 126 Å². The summed E-state index contributed by atoms with van der Waals surface area (Å²) in [7, 11) is 0. The largest absolute Gasteiger partial charge is 0.473 e. The van der Waals surface area contributed by atoms with Crippen LogP contribution in [0.2, 0.25) is 0 Å². The summed E-state index contributed by atoms with van der Waals surface area (Å²) in [6.45, 7) is 1.31. The Balaban J connectivity index is 1.64. The maximum Gasteiger partial charge on any atom is 0.311 e. The molecule has 3 heterocycles. The topological polar surface area (TPSA) is 94.3 Å². The minimum Gasteiger partial charge on any atom is -0.473 e. The third-order valence-corrected chi connectivity index (χ3v) is 3.53. The van der Waals surface area contributed by atoms with E-state index in [2.05, 4.69) is 15.0 Å². The van der Waals surface area contributed by atoms with Crippen LogP contribution in [0.25, 0.3) is 0 Å². The molecule has 1 saturated heterocycles. The van der Waals surface area contributed by atoms with E-state index in [1.807, 2.05) is 4.90 Å². The summed E-state index contributed by atoms with van der Waals surface area (Å²) in [6, 6.07) is 3.05. The first-order valence-corrected chi connectivity index (χ1v) is 7.01. The number of anilines is 1. The molecule has 2 aromatic heterocycles. The molecule has 22 heavy (non-hydrogen) atoms. The molecule has 0 spiro atoms. The molecule has 1 fully saturated rings. The van der Waals surface area contributed by atoms with E-state index >= 15 is 0 Å². The third kappa shape index (κ3) is 3.11. The highest BCUT2D eigenvalue weighted by Gasteiger charge is 2.26. The number of aromatic nitrogens is 3. The first-order valence-electron chi connectivity index (χ1n) is 7.01. The summed E-state index contributed by atoms with van der Waals surface area (Å²) in [6.07, 6.45) is 7.88. The summed E-state index contributed by atoms with van der Waals surface area (Å²) in [5, 5.41) is 11.1. The van der Waals surface area contributed by atoms with Crippen LogP contribution in [0.1, 0.15) is 12.8 Å². The Hall–Kier alpha value is -2.77. The van der Waals surface area contributed by atoms with Crippen molar-refractivity contribution >= 4 is 11.5 Å². The van der Waals surface area contributed by atoms with Crippen molar-refractivity contribution in [2.24, 2.45) is 0 Å². The van der Waals surface area contributed by atoms with Crippen LogP contribution >= 0.6 is 0 Å². The number of nitrogens with zero attached hydrogens (tertiary/aromatic N) is 5. The number of hydrogen-bond acceptors (Lipinski definition) is 7. The van der Waals surface area contributed by atoms with Gasteiger partial charge in [0.15, 0.2) is 0 Å². The van der Waals surface area contributed by atoms with Gasteiger partial charge in [0.1, 0.15) is 6.10 Å². The van der Waals surface area contributed by atoms with Crippen molar-refractivity contribution in [3.05, 3.63) is 47.0 Å². The number of pyridine rings is 1. The number of piperidine rings is 1. The van der Waals surface area contributed by atoms with Gasteiger partial charge in [-0.3, -0.25) is 15.1 Å². The Morgan fingerprint density at radius 3 is 2.73 bits per heavy atom. The third-order valence-electron chi connectivity index (χ3n) is 3.53. The molecular formula is C14H15N5O3. The molecule has 2 aromatic rings. The molecule has 0 unspecified atom stereocenters. The van der Waals surface area contributed by atoms with Crippen LogP contribution in [0.3, 0.4) is 0 Å². The van der Waals surface area contributed by atoms with Crippen molar-refractivity contribution in [2.45, 2.75) is 18.9 Å². The van der Waals surface area contributed by atoms with E-state index in [9.17, 15) is 10.1 Å². The van der Waals surface area contributed by atoms with Gasteiger partial charge < -0.3 is 9.64 Å². The molecule has 0 N–H and O–H groups in total. The van der Waals surface area contributed by atoms with Gasteiger partial charge in [0.25, 0.3) is 0 Å². The van der Waals surface area contributed by atoms with Gasteiger partial charge in [-0.2, -0.15) is 0 Å². The van der Waals surface area contributed by atoms with E-state index < -0.39 is 4.92 Å². The zero-order valence-electron chi connectivity index (χ0n) is 11.8. The predicted molar refractivity (Wildman–Crippen MR) is 78.8 cm³/mol. The quantitative estimate of drug-likeness (QED) is 0.628. The second-order valence-electron chi connectivity index (χ2n) is 4.95. The van der Waals surface area contributed by atoms with Gasteiger partial charge in [-0.05, 0) is 6.07 Å². The number of rotatable bonds is 4. The summed E-state index contributed by atoms with van der Waals surface area (Å²) in [5.74, 6) is 0.926. The minimum atomic E-state index is -0.398. The molecule has 8 nitrogen and oxygen atoms in total. The molecule has 0 aromatic carbocycles. The van der Waals surface area contributed by atoms with Crippen LogP contribution in [0.5, 0.6) is 5.88 Å². The van der Waals surface area contributed by atoms with Crippen molar-refractivity contribution < 1.29 is 9.66 Å². The summed E-state index contributed by atoms with van der Waals surface area (Å²) >= 11 is 0. The lowest BCUT2D eigenvalue weighted by atomic mass is 10.1. The Morgan fingerprint density at radius 2 is 2.05 bits per heavy atom. The van der Waals surface area contributed by atoms with E-state index in [1.54, 1.807) is 30.9 Å². The fourth-order valence-electron chi connectivity index (χ4n) is 2.48. The van der Waals surface area contributed by atoms with Crippen LogP contribution in [0, 0.1) is 10.1 Å². The van der Waals surface area contributed by atoms with Gasteiger partial charge in [-0.25, -0.2) is 9.97 Å². The highest BCUT2D eigenvalue weighted by Crippen LogP contribution is 2.28. The van der Waals surface area contributed by atoms with E-state index in [1.165, 1.54) is 6.07 Å². The average molecular weight is 301 g/mol. The van der Waals surface area contributed by atoms with Crippen molar-refractivity contribution in [1.29, 1.82) is 0 Å². The minimum absolute atomic E-state index is 0.0377. The SMILES string of the molecule is O=[N+]([O-])c1cccnc1N1CCC(Oc2cnccn2)CC1. The molecule has 1 aliphatic heterocycles. The monoisotopic (exact) mass is 301 g/mol. The molecular weight excluding hydrogens is 286 g/mol. The normalized spacial score (nSPS) is 15.5. The van der Waals surface area contributed by atoms with E-state index in [0.717, 1.165) is 12.8 Å². The van der Waals surface area contributed by atoms with Crippen molar-refractivity contribution in [3.63, 3.8) is 0 Å². The van der Waals surface area contributed by atoms with Gasteiger partial charge in [0.05, 0.1) is 11.1 Å². The molecule has 8 heteroatoms. The standard InChI is InChI=1S/C14H15N5O3/c20-19(21)12-2-1-5-17-14(12)18-8-3-11(4-9-18)22-13-10-15-6-7-16-13/h1-2,5-7,10-11H,3-4,8-9H2. The van der Waals surface area contributed by atoms with Crippen LogP contribution in [-0.2, 0) is 0 Å². The molecule has 0 amide bonds. The van der Waals surface area contributed by atoms with Crippen molar-refractivity contribution in [2.75, 3.05) is 18.0 Å². The first kappa shape index (κ1) is 14.2. The molecule has 0 radical (unpaired) electrons. The van der Waals surface area contributed by atoms with E-state index in [-0.39, 0.29) is 11.8 Å². The highest BCUT2D eigenvalue weighted by atomic mass is 16.6. The smallest absolute Gasteiger partial charge is 0.311 e. The predicted octanol–water partition coefficient (Wildman–Crippen LogP) is 1.83. The molecule has 0 bridgehead atoms. The van der Waals surface area contributed by atoms with Crippen LogP contribution in [0.15, 0.2) is 36.9 Å². The number of ether oxygens (including phenoxy) is 1. The molecule has 0 saturated carbocycles.